The SMILES string of the molecule is CC1CCC(C(=O)OCCO)CC1C1CCC(CC(O)(F)C(F)(F)F)CC1C1CCC(C(=O)O)CC1C. The molecule has 0 aromatic rings. The van der Waals surface area contributed by atoms with Crippen molar-refractivity contribution in [2.75, 3.05) is 13.2 Å². The maximum Gasteiger partial charge on any atom is 0.448 e. The van der Waals surface area contributed by atoms with Crippen molar-refractivity contribution in [3.8, 4) is 0 Å². The second-order valence-electron chi connectivity index (χ2n) is 12.0. The van der Waals surface area contributed by atoms with Crippen LogP contribution < -0.4 is 0 Å². The fourth-order valence-corrected chi connectivity index (χ4v) is 7.74. The number of aliphatic carboxylic acids is 1. The van der Waals surface area contributed by atoms with E-state index < -0.39 is 36.3 Å². The second kappa shape index (κ2) is 12.2. The molecule has 0 saturated heterocycles. The van der Waals surface area contributed by atoms with Crippen molar-refractivity contribution in [2.24, 2.45) is 53.3 Å². The lowest BCUT2D eigenvalue weighted by Gasteiger charge is -2.50. The van der Waals surface area contributed by atoms with Gasteiger partial charge >= 0.3 is 24.0 Å². The van der Waals surface area contributed by atoms with Crippen molar-refractivity contribution in [3.63, 3.8) is 0 Å². The minimum atomic E-state index is -5.35. The average Bonchev–Trinajstić information content (AvgIpc) is 2.82. The van der Waals surface area contributed by atoms with Gasteiger partial charge in [-0.1, -0.05) is 13.8 Å². The Kier molecular flexibility index (Phi) is 9.92. The molecule has 6 nitrogen and oxygen atoms in total. The summed E-state index contributed by atoms with van der Waals surface area (Å²) in [7, 11) is 0. The number of esters is 1. The summed E-state index contributed by atoms with van der Waals surface area (Å²) < 4.78 is 58.7. The minimum Gasteiger partial charge on any atom is -0.481 e. The largest absolute Gasteiger partial charge is 0.481 e. The third kappa shape index (κ3) is 7.16. The van der Waals surface area contributed by atoms with Gasteiger partial charge in [-0.3, -0.25) is 9.59 Å². The van der Waals surface area contributed by atoms with E-state index in [2.05, 4.69) is 6.92 Å². The third-order valence-corrected chi connectivity index (χ3v) is 9.67. The molecule has 3 aliphatic rings. The first-order valence-corrected chi connectivity index (χ1v) is 13.7. The third-order valence-electron chi connectivity index (χ3n) is 9.67. The molecule has 37 heavy (non-hydrogen) atoms. The number of halogens is 4. The second-order valence-corrected chi connectivity index (χ2v) is 12.0. The first-order chi connectivity index (χ1) is 17.2. The molecule has 3 fully saturated rings. The number of carbonyl (C=O) groups excluding carboxylic acids is 1. The van der Waals surface area contributed by atoms with Crippen LogP contribution in [0.2, 0.25) is 0 Å². The van der Waals surface area contributed by atoms with Gasteiger partial charge in [0.1, 0.15) is 6.61 Å². The number of carboxylic acids is 1. The summed E-state index contributed by atoms with van der Waals surface area (Å²) in [6.45, 7) is 3.83. The van der Waals surface area contributed by atoms with E-state index in [0.717, 1.165) is 6.42 Å². The Hall–Kier alpha value is -1.42. The van der Waals surface area contributed by atoms with Crippen LogP contribution in [-0.4, -0.2) is 52.5 Å². The number of carbonyl (C=O) groups is 2. The van der Waals surface area contributed by atoms with Crippen molar-refractivity contribution in [1.29, 1.82) is 0 Å². The Labute approximate surface area is 216 Å². The molecule has 3 saturated carbocycles. The van der Waals surface area contributed by atoms with Gasteiger partial charge in [0.2, 0.25) is 0 Å². The molecule has 3 aliphatic carbocycles. The molecule has 10 atom stereocenters. The topological polar surface area (TPSA) is 104 Å². The van der Waals surface area contributed by atoms with Crippen LogP contribution in [0.5, 0.6) is 0 Å². The summed E-state index contributed by atoms with van der Waals surface area (Å²) in [5.41, 5.74) is 0. The zero-order valence-electron chi connectivity index (χ0n) is 21.8. The fraction of sp³-hybridized carbons (Fsp3) is 0.926. The predicted molar refractivity (Wildman–Crippen MR) is 127 cm³/mol. The van der Waals surface area contributed by atoms with E-state index in [1.807, 2.05) is 6.92 Å². The van der Waals surface area contributed by atoms with E-state index in [0.29, 0.717) is 57.3 Å². The number of hydrogen-bond acceptors (Lipinski definition) is 5. The van der Waals surface area contributed by atoms with Crippen LogP contribution in [0.25, 0.3) is 0 Å². The summed E-state index contributed by atoms with van der Waals surface area (Å²) in [4.78, 5) is 24.1. The van der Waals surface area contributed by atoms with Crippen LogP contribution in [0.1, 0.15) is 78.1 Å². The van der Waals surface area contributed by atoms with Crippen LogP contribution in [0.4, 0.5) is 17.6 Å². The molecule has 0 aromatic carbocycles. The maximum atomic E-state index is 14.2. The van der Waals surface area contributed by atoms with Crippen molar-refractivity contribution >= 4 is 11.9 Å². The smallest absolute Gasteiger partial charge is 0.448 e. The molecule has 0 amide bonds. The van der Waals surface area contributed by atoms with Gasteiger partial charge in [-0.25, -0.2) is 4.39 Å². The molecular weight excluding hydrogens is 496 g/mol. The van der Waals surface area contributed by atoms with Crippen LogP contribution in [0, 0.1) is 53.3 Å². The van der Waals surface area contributed by atoms with Crippen molar-refractivity contribution < 1.29 is 47.2 Å². The van der Waals surface area contributed by atoms with Gasteiger partial charge < -0.3 is 20.1 Å². The highest BCUT2D eigenvalue weighted by Crippen LogP contribution is 2.54. The Morgan fingerprint density at radius 1 is 0.811 bits per heavy atom. The van der Waals surface area contributed by atoms with Gasteiger partial charge in [0, 0.05) is 6.42 Å². The molecular formula is C27H42F4O6. The van der Waals surface area contributed by atoms with Gasteiger partial charge in [-0.15, -0.1) is 0 Å². The highest BCUT2D eigenvalue weighted by molar-refractivity contribution is 5.72. The molecule has 0 radical (unpaired) electrons. The van der Waals surface area contributed by atoms with E-state index in [1.165, 1.54) is 0 Å². The number of ether oxygens (including phenoxy) is 1. The lowest BCUT2D eigenvalue weighted by atomic mass is 9.55. The molecule has 0 bridgehead atoms. The number of rotatable bonds is 8. The first-order valence-electron chi connectivity index (χ1n) is 13.7. The highest BCUT2D eigenvalue weighted by atomic mass is 19.4. The quantitative estimate of drug-likeness (QED) is 0.284. The van der Waals surface area contributed by atoms with Crippen LogP contribution in [0.3, 0.4) is 0 Å². The van der Waals surface area contributed by atoms with Gasteiger partial charge in [-0.05, 0) is 99.2 Å². The van der Waals surface area contributed by atoms with E-state index in [4.69, 9.17) is 9.84 Å². The Bertz CT molecular complexity index is 787. The fourth-order valence-electron chi connectivity index (χ4n) is 7.74. The molecule has 214 valence electrons. The molecule has 0 heterocycles. The summed E-state index contributed by atoms with van der Waals surface area (Å²) >= 11 is 0. The van der Waals surface area contributed by atoms with Crippen LogP contribution in [0.15, 0.2) is 0 Å². The lowest BCUT2D eigenvalue weighted by molar-refractivity contribution is -0.322. The normalized spacial score (nSPS) is 39.0. The number of carboxylic acid groups (broad SMARTS) is 1. The number of aliphatic hydroxyl groups is 2. The van der Waals surface area contributed by atoms with Gasteiger partial charge in [0.05, 0.1) is 18.4 Å². The molecule has 0 aliphatic heterocycles. The van der Waals surface area contributed by atoms with E-state index in [-0.39, 0.29) is 54.7 Å². The summed E-state index contributed by atoms with van der Waals surface area (Å²) in [5, 5.41) is 28.0. The zero-order chi connectivity index (χ0) is 27.5. The molecule has 10 unspecified atom stereocenters. The minimum absolute atomic E-state index is 0.0350. The first kappa shape index (κ1) is 30.1. The van der Waals surface area contributed by atoms with Gasteiger partial charge in [0.15, 0.2) is 0 Å². The van der Waals surface area contributed by atoms with E-state index in [1.54, 1.807) is 0 Å². The van der Waals surface area contributed by atoms with Crippen molar-refractivity contribution in [2.45, 2.75) is 90.1 Å². The van der Waals surface area contributed by atoms with Crippen LogP contribution >= 0.6 is 0 Å². The summed E-state index contributed by atoms with van der Waals surface area (Å²) in [5.74, 6) is -6.11. The lowest BCUT2D eigenvalue weighted by Crippen LogP contribution is -2.46. The highest BCUT2D eigenvalue weighted by Gasteiger charge is 2.57. The number of aliphatic hydroxyl groups excluding tert-OH is 1. The van der Waals surface area contributed by atoms with Gasteiger partial charge in [-0.2, -0.15) is 13.2 Å². The zero-order valence-corrected chi connectivity index (χ0v) is 21.8. The molecule has 3 N–H and O–H groups in total. The molecule has 3 rings (SSSR count). The Balaban J connectivity index is 1.82. The average molecular weight is 539 g/mol. The van der Waals surface area contributed by atoms with E-state index >= 15 is 0 Å². The van der Waals surface area contributed by atoms with Crippen molar-refractivity contribution in [1.82, 2.24) is 0 Å². The van der Waals surface area contributed by atoms with Crippen LogP contribution in [-0.2, 0) is 14.3 Å². The summed E-state index contributed by atoms with van der Waals surface area (Å²) in [6, 6.07) is 0. The predicted octanol–water partition coefficient (Wildman–Crippen LogP) is 5.35. The Morgan fingerprint density at radius 2 is 1.46 bits per heavy atom. The van der Waals surface area contributed by atoms with Crippen molar-refractivity contribution in [3.05, 3.63) is 0 Å². The van der Waals surface area contributed by atoms with Gasteiger partial charge in [0.25, 0.3) is 0 Å². The maximum absolute atomic E-state index is 14.2. The van der Waals surface area contributed by atoms with E-state index in [9.17, 15) is 37.4 Å². The molecule has 0 spiro atoms. The Morgan fingerprint density at radius 3 is 2.05 bits per heavy atom. The standard InChI is InChI=1S/C27H42F4O6/c1-15-3-5-19(25(35)37-10-9-32)13-22(15)21-7-4-17(14-26(28,36)27(29,30)31)12-23(21)20-8-6-18(24(33)34)11-16(20)2/h15-23,32,36H,3-14H2,1-2H3,(H,33,34). The number of alkyl halides is 4. The molecule has 10 heteroatoms. The monoisotopic (exact) mass is 538 g/mol. The molecule has 0 aromatic heterocycles. The summed E-state index contributed by atoms with van der Waals surface area (Å²) in [6.07, 6.45) is -1.29. The number of hydrogen-bond donors (Lipinski definition) is 3.